The van der Waals surface area contributed by atoms with E-state index in [1.54, 1.807) is 0 Å². The maximum atomic E-state index is 10.2. The van der Waals surface area contributed by atoms with Crippen LogP contribution in [0.3, 0.4) is 0 Å². The van der Waals surface area contributed by atoms with E-state index in [2.05, 4.69) is 0 Å². The third kappa shape index (κ3) is 5.72. The van der Waals surface area contributed by atoms with Crippen LogP contribution in [0.2, 0.25) is 0 Å². The summed E-state index contributed by atoms with van der Waals surface area (Å²) in [6.45, 7) is 1.54. The van der Waals surface area contributed by atoms with Crippen molar-refractivity contribution in [2.24, 2.45) is 0 Å². The van der Waals surface area contributed by atoms with Crippen LogP contribution in [0.4, 0.5) is 0 Å². The van der Waals surface area contributed by atoms with Gasteiger partial charge in [0, 0.05) is 5.75 Å². The first-order chi connectivity index (χ1) is 5.04. The van der Waals surface area contributed by atoms with Crippen molar-refractivity contribution in [3.8, 4) is 0 Å². The van der Waals surface area contributed by atoms with Crippen molar-refractivity contribution in [1.29, 1.82) is 0 Å². The number of rotatable bonds is 5. The van der Waals surface area contributed by atoms with Crippen molar-refractivity contribution in [1.82, 2.24) is 0 Å². The van der Waals surface area contributed by atoms with Crippen molar-refractivity contribution in [3.05, 3.63) is 0 Å². The van der Waals surface area contributed by atoms with Crippen molar-refractivity contribution < 1.29 is 19.8 Å². The first-order valence-electron chi connectivity index (χ1n) is 3.10. The van der Waals surface area contributed by atoms with E-state index >= 15 is 0 Å². The van der Waals surface area contributed by atoms with Gasteiger partial charge in [0.1, 0.15) is 0 Å². The van der Waals surface area contributed by atoms with E-state index in [-0.39, 0.29) is 6.42 Å². The largest absolute Gasteiger partial charge is 0.481 e. The first kappa shape index (κ1) is 10.3. The van der Waals surface area contributed by atoms with Gasteiger partial charge in [-0.1, -0.05) is 0 Å². The zero-order valence-corrected chi connectivity index (χ0v) is 6.93. The summed E-state index contributed by atoms with van der Waals surface area (Å²) in [4.78, 5) is 20.2. The fourth-order valence-corrected chi connectivity index (χ4v) is 1.18. The molecule has 0 aliphatic heterocycles. The molecular weight excluding hydrogens is 168 g/mol. The van der Waals surface area contributed by atoms with Gasteiger partial charge < -0.3 is 10.2 Å². The summed E-state index contributed by atoms with van der Waals surface area (Å²) in [5, 5.41) is 16.1. The SMILES string of the molecule is CC(SCCC(=O)O)C(=O)O. The van der Waals surface area contributed by atoms with Crippen LogP contribution >= 0.6 is 11.8 Å². The van der Waals surface area contributed by atoms with Gasteiger partial charge in [-0.05, 0) is 6.92 Å². The molecule has 0 fully saturated rings. The molecule has 11 heavy (non-hydrogen) atoms. The van der Waals surface area contributed by atoms with Crippen LogP contribution in [-0.2, 0) is 9.59 Å². The van der Waals surface area contributed by atoms with E-state index in [1.165, 1.54) is 6.92 Å². The normalized spacial score (nSPS) is 12.5. The zero-order valence-electron chi connectivity index (χ0n) is 6.11. The minimum absolute atomic E-state index is 0.0162. The highest BCUT2D eigenvalue weighted by atomic mass is 32.2. The molecule has 1 unspecified atom stereocenters. The van der Waals surface area contributed by atoms with Crippen LogP contribution in [-0.4, -0.2) is 33.2 Å². The molecular formula is C6H10O4S. The highest BCUT2D eigenvalue weighted by molar-refractivity contribution is 8.00. The Morgan fingerprint density at radius 2 is 2.00 bits per heavy atom. The molecule has 0 radical (unpaired) electrons. The average molecular weight is 178 g/mol. The summed E-state index contributed by atoms with van der Waals surface area (Å²) in [7, 11) is 0. The van der Waals surface area contributed by atoms with Crippen LogP contribution in [0.5, 0.6) is 0 Å². The molecule has 0 aromatic rings. The van der Waals surface area contributed by atoms with E-state index in [4.69, 9.17) is 10.2 Å². The van der Waals surface area contributed by atoms with Crippen molar-refractivity contribution in [2.75, 3.05) is 5.75 Å². The molecule has 0 rings (SSSR count). The Labute approximate surface area is 68.6 Å². The molecule has 0 aliphatic rings. The van der Waals surface area contributed by atoms with Gasteiger partial charge in [-0.15, -0.1) is 11.8 Å². The van der Waals surface area contributed by atoms with Gasteiger partial charge in [0.25, 0.3) is 0 Å². The maximum absolute atomic E-state index is 10.2. The number of aliphatic carboxylic acids is 2. The van der Waals surface area contributed by atoms with Crippen LogP contribution in [0.15, 0.2) is 0 Å². The van der Waals surface area contributed by atoms with Crippen LogP contribution in [0, 0.1) is 0 Å². The van der Waals surface area contributed by atoms with E-state index in [0.717, 1.165) is 11.8 Å². The van der Waals surface area contributed by atoms with Gasteiger partial charge in [0.15, 0.2) is 0 Å². The molecule has 0 spiro atoms. The third-order valence-corrected chi connectivity index (χ3v) is 2.17. The molecule has 64 valence electrons. The second-order valence-electron chi connectivity index (χ2n) is 1.99. The lowest BCUT2D eigenvalue weighted by atomic mass is 10.5. The second kappa shape index (κ2) is 5.01. The quantitative estimate of drug-likeness (QED) is 0.647. The van der Waals surface area contributed by atoms with Gasteiger partial charge in [0.05, 0.1) is 11.7 Å². The van der Waals surface area contributed by atoms with Gasteiger partial charge in [0.2, 0.25) is 0 Å². The highest BCUT2D eigenvalue weighted by Crippen LogP contribution is 2.11. The Bertz CT molecular complexity index is 157. The van der Waals surface area contributed by atoms with E-state index < -0.39 is 17.2 Å². The summed E-state index contributed by atoms with van der Waals surface area (Å²) in [6, 6.07) is 0. The lowest BCUT2D eigenvalue weighted by Crippen LogP contribution is -2.12. The Morgan fingerprint density at radius 3 is 2.36 bits per heavy atom. The predicted octanol–water partition coefficient (Wildman–Crippen LogP) is 0.667. The lowest BCUT2D eigenvalue weighted by molar-refractivity contribution is -0.137. The second-order valence-corrected chi connectivity index (χ2v) is 3.44. The molecule has 0 saturated heterocycles. The number of hydrogen-bond donors (Lipinski definition) is 2. The van der Waals surface area contributed by atoms with Gasteiger partial charge in [-0.2, -0.15) is 0 Å². The van der Waals surface area contributed by atoms with Gasteiger partial charge in [-0.25, -0.2) is 0 Å². The molecule has 0 aromatic heterocycles. The Balaban J connectivity index is 3.39. The summed E-state index contributed by atoms with van der Waals surface area (Å²) >= 11 is 1.13. The van der Waals surface area contributed by atoms with Gasteiger partial charge in [-0.3, -0.25) is 9.59 Å². The molecule has 0 heterocycles. The fourth-order valence-electron chi connectivity index (χ4n) is 0.394. The first-order valence-corrected chi connectivity index (χ1v) is 4.15. The topological polar surface area (TPSA) is 74.6 Å². The number of thioether (sulfide) groups is 1. The zero-order chi connectivity index (χ0) is 8.85. The highest BCUT2D eigenvalue weighted by Gasteiger charge is 2.10. The van der Waals surface area contributed by atoms with Gasteiger partial charge >= 0.3 is 11.9 Å². The molecule has 0 aromatic carbocycles. The molecule has 0 aliphatic carbocycles. The summed E-state index contributed by atoms with van der Waals surface area (Å²) < 4.78 is 0. The minimum atomic E-state index is -0.902. The molecule has 2 N–H and O–H groups in total. The lowest BCUT2D eigenvalue weighted by Gasteiger charge is -2.02. The standard InChI is InChI=1S/C6H10O4S/c1-4(6(9)10)11-3-2-5(7)8/h4H,2-3H2,1H3,(H,7,8)(H,9,10). The van der Waals surface area contributed by atoms with Crippen molar-refractivity contribution in [2.45, 2.75) is 18.6 Å². The van der Waals surface area contributed by atoms with Crippen LogP contribution in [0.1, 0.15) is 13.3 Å². The number of carboxylic acids is 2. The molecule has 0 bridgehead atoms. The molecule has 0 saturated carbocycles. The minimum Gasteiger partial charge on any atom is -0.481 e. The predicted molar refractivity (Wildman–Crippen MR) is 41.8 cm³/mol. The summed E-state index contributed by atoms with van der Waals surface area (Å²) in [5.41, 5.74) is 0. The summed E-state index contributed by atoms with van der Waals surface area (Å²) in [6.07, 6.45) is 0.0162. The van der Waals surface area contributed by atoms with Crippen LogP contribution < -0.4 is 0 Å². The van der Waals surface area contributed by atoms with Crippen molar-refractivity contribution >= 4 is 23.7 Å². The van der Waals surface area contributed by atoms with E-state index in [0.29, 0.717) is 5.75 Å². The number of carbonyl (C=O) groups is 2. The van der Waals surface area contributed by atoms with Crippen LogP contribution in [0.25, 0.3) is 0 Å². The fraction of sp³-hybridized carbons (Fsp3) is 0.667. The van der Waals surface area contributed by atoms with Crippen molar-refractivity contribution in [3.63, 3.8) is 0 Å². The van der Waals surface area contributed by atoms with E-state index in [1.807, 2.05) is 0 Å². The molecule has 4 nitrogen and oxygen atoms in total. The smallest absolute Gasteiger partial charge is 0.316 e. The number of carboxylic acid groups (broad SMARTS) is 2. The average Bonchev–Trinajstić information content (AvgIpc) is 1.86. The molecule has 5 heteroatoms. The van der Waals surface area contributed by atoms with E-state index in [9.17, 15) is 9.59 Å². The Hall–Kier alpha value is -0.710. The maximum Gasteiger partial charge on any atom is 0.316 e. The Kier molecular flexibility index (Phi) is 4.69. The Morgan fingerprint density at radius 1 is 1.45 bits per heavy atom. The third-order valence-electron chi connectivity index (χ3n) is 1.03. The molecule has 1 atom stereocenters. The number of hydrogen-bond acceptors (Lipinski definition) is 3. The summed E-state index contributed by atoms with van der Waals surface area (Å²) in [5.74, 6) is -1.45. The monoisotopic (exact) mass is 178 g/mol. The molecule has 0 amide bonds.